The Hall–Kier alpha value is -4.12. The number of aromatic amines is 1. The summed E-state index contributed by atoms with van der Waals surface area (Å²) in [4.78, 5) is 35.2. The Bertz CT molecular complexity index is 1650. The van der Waals surface area contributed by atoms with Crippen LogP contribution in [0.5, 0.6) is 5.75 Å². The topological polar surface area (TPSA) is 110 Å². The van der Waals surface area contributed by atoms with E-state index in [1.807, 2.05) is 68.1 Å². The first-order valence-electron chi connectivity index (χ1n) is 14.3. The van der Waals surface area contributed by atoms with Gasteiger partial charge >= 0.3 is 6.09 Å². The van der Waals surface area contributed by atoms with E-state index >= 15 is 0 Å². The molecule has 4 aromatic rings. The van der Waals surface area contributed by atoms with Gasteiger partial charge in [-0.15, -0.1) is 0 Å². The highest BCUT2D eigenvalue weighted by atomic mass is 16.6. The summed E-state index contributed by atoms with van der Waals surface area (Å²) in [5.74, 6) is 0.387. The number of hydrogen-bond acceptors (Lipinski definition) is 7. The van der Waals surface area contributed by atoms with Crippen molar-refractivity contribution in [2.45, 2.75) is 39.2 Å². The second kappa shape index (κ2) is 10.9. The van der Waals surface area contributed by atoms with Crippen molar-refractivity contribution in [1.82, 2.24) is 14.8 Å². The van der Waals surface area contributed by atoms with Crippen molar-refractivity contribution in [2.24, 2.45) is 0 Å². The smallest absolute Gasteiger partial charge is 0.412 e. The SMILES string of the molecule is CN1CCN(C(O)Oc2cc3c(c4ccccc24)CCN3C(=O)c2cc3cc(NC(=O)OC(C)(C)C)ccc3[nH]2)CC1. The summed E-state index contributed by atoms with van der Waals surface area (Å²) in [5, 5.41) is 16.4. The minimum Gasteiger partial charge on any atom is -0.451 e. The molecular weight excluding hydrogens is 534 g/mol. The Labute approximate surface area is 244 Å². The number of piperazine rings is 1. The molecule has 1 fully saturated rings. The molecule has 3 aromatic carbocycles. The molecule has 1 atom stereocenters. The van der Waals surface area contributed by atoms with E-state index in [9.17, 15) is 14.7 Å². The molecule has 220 valence electrons. The zero-order valence-electron chi connectivity index (χ0n) is 24.4. The fourth-order valence-electron chi connectivity index (χ4n) is 5.67. The summed E-state index contributed by atoms with van der Waals surface area (Å²) in [6.45, 7) is 9.09. The second-order valence-corrected chi connectivity index (χ2v) is 12.0. The number of amides is 2. The van der Waals surface area contributed by atoms with Crippen LogP contribution >= 0.6 is 0 Å². The van der Waals surface area contributed by atoms with E-state index in [2.05, 4.69) is 22.2 Å². The number of hydrogen-bond donors (Lipinski definition) is 3. The lowest BCUT2D eigenvalue weighted by Gasteiger charge is -2.35. The molecule has 1 saturated heterocycles. The number of fused-ring (bicyclic) bond motifs is 4. The van der Waals surface area contributed by atoms with Crippen molar-refractivity contribution in [3.63, 3.8) is 0 Å². The molecule has 0 spiro atoms. The van der Waals surface area contributed by atoms with Gasteiger partial charge in [-0.2, -0.15) is 0 Å². The van der Waals surface area contributed by atoms with Crippen molar-refractivity contribution in [3.05, 3.63) is 65.9 Å². The van der Waals surface area contributed by atoms with Gasteiger partial charge in [0, 0.05) is 60.8 Å². The molecule has 0 aliphatic carbocycles. The van der Waals surface area contributed by atoms with Gasteiger partial charge in [0.2, 0.25) is 0 Å². The van der Waals surface area contributed by atoms with Crippen LogP contribution in [0.3, 0.4) is 0 Å². The third-order valence-corrected chi connectivity index (χ3v) is 7.80. The zero-order chi connectivity index (χ0) is 29.6. The summed E-state index contributed by atoms with van der Waals surface area (Å²) in [7, 11) is 2.07. The Morgan fingerprint density at radius 2 is 1.71 bits per heavy atom. The molecule has 0 radical (unpaired) electrons. The molecule has 2 amide bonds. The van der Waals surface area contributed by atoms with E-state index in [1.165, 1.54) is 0 Å². The molecule has 3 heterocycles. The second-order valence-electron chi connectivity index (χ2n) is 12.0. The van der Waals surface area contributed by atoms with E-state index in [-0.39, 0.29) is 5.91 Å². The molecule has 3 N–H and O–H groups in total. The van der Waals surface area contributed by atoms with Crippen LogP contribution in [0.4, 0.5) is 16.2 Å². The number of carbonyl (C=O) groups excluding carboxylic acids is 2. The maximum absolute atomic E-state index is 13.8. The average Bonchev–Trinajstić information content (AvgIpc) is 3.56. The number of anilines is 2. The first-order chi connectivity index (χ1) is 20.1. The number of benzene rings is 3. The summed E-state index contributed by atoms with van der Waals surface area (Å²) in [5.41, 5.74) is 3.07. The number of H-pyrrole nitrogens is 1. The molecule has 0 bridgehead atoms. The van der Waals surface area contributed by atoms with Crippen LogP contribution in [0, 0.1) is 0 Å². The Kier molecular flexibility index (Phi) is 7.30. The van der Waals surface area contributed by atoms with Gasteiger partial charge in [-0.1, -0.05) is 24.3 Å². The highest BCUT2D eigenvalue weighted by Crippen LogP contribution is 2.41. The van der Waals surface area contributed by atoms with E-state index in [1.54, 1.807) is 17.0 Å². The van der Waals surface area contributed by atoms with Crippen molar-refractivity contribution < 1.29 is 24.2 Å². The third-order valence-electron chi connectivity index (χ3n) is 7.80. The van der Waals surface area contributed by atoms with Crippen LogP contribution in [-0.4, -0.2) is 83.7 Å². The number of aliphatic hydroxyl groups is 1. The number of rotatable bonds is 5. The predicted molar refractivity (Wildman–Crippen MR) is 163 cm³/mol. The largest absolute Gasteiger partial charge is 0.451 e. The van der Waals surface area contributed by atoms with Crippen LogP contribution in [0.2, 0.25) is 0 Å². The van der Waals surface area contributed by atoms with Gasteiger partial charge in [-0.05, 0) is 69.5 Å². The number of ether oxygens (including phenoxy) is 2. The number of aromatic nitrogens is 1. The Morgan fingerprint density at radius 1 is 0.976 bits per heavy atom. The molecule has 10 heteroatoms. The minimum absolute atomic E-state index is 0.160. The molecular formula is C32H37N5O5. The number of carbonyl (C=O) groups is 2. The minimum atomic E-state index is -1.08. The number of nitrogens with one attached hydrogen (secondary N) is 2. The molecule has 6 rings (SSSR count). The molecule has 1 unspecified atom stereocenters. The maximum atomic E-state index is 13.8. The van der Waals surface area contributed by atoms with Gasteiger partial charge in [0.15, 0.2) is 0 Å². The lowest BCUT2D eigenvalue weighted by atomic mass is 10.0. The third kappa shape index (κ3) is 5.65. The van der Waals surface area contributed by atoms with Crippen LogP contribution in [0.25, 0.3) is 21.7 Å². The zero-order valence-corrected chi connectivity index (χ0v) is 24.4. The summed E-state index contributed by atoms with van der Waals surface area (Å²) in [6, 6.07) is 17.1. The van der Waals surface area contributed by atoms with Crippen LogP contribution in [-0.2, 0) is 11.2 Å². The standard InChI is InChI=1S/C32H37N5O5/c1-32(2,3)42-30(39)33-21-9-10-25-20(17-21)18-26(34-25)29(38)37-12-11-23-22-7-5-6-8-24(22)28(19-27(23)37)41-31(40)36-15-13-35(4)14-16-36/h5-10,17-19,31,34,40H,11-16H2,1-4H3,(H,33,39). The molecule has 2 aliphatic rings. The van der Waals surface area contributed by atoms with E-state index in [0.717, 1.165) is 46.0 Å². The summed E-state index contributed by atoms with van der Waals surface area (Å²) < 4.78 is 11.5. The Balaban J connectivity index is 1.26. The van der Waals surface area contributed by atoms with Gasteiger partial charge in [-0.25, -0.2) is 9.69 Å². The van der Waals surface area contributed by atoms with Crippen LogP contribution in [0.1, 0.15) is 36.8 Å². The lowest BCUT2D eigenvalue weighted by molar-refractivity contribution is -0.145. The first-order valence-corrected chi connectivity index (χ1v) is 14.3. The van der Waals surface area contributed by atoms with Crippen molar-refractivity contribution >= 4 is 45.1 Å². The van der Waals surface area contributed by atoms with Gasteiger partial charge in [0.1, 0.15) is 17.0 Å². The molecule has 10 nitrogen and oxygen atoms in total. The van der Waals surface area contributed by atoms with E-state index in [4.69, 9.17) is 9.47 Å². The van der Waals surface area contributed by atoms with Crippen molar-refractivity contribution in [3.8, 4) is 5.75 Å². The lowest BCUT2D eigenvalue weighted by Crippen LogP contribution is -2.50. The Morgan fingerprint density at radius 3 is 2.45 bits per heavy atom. The molecule has 0 saturated carbocycles. The maximum Gasteiger partial charge on any atom is 0.412 e. The normalized spacial score (nSPS) is 16.9. The molecule has 1 aromatic heterocycles. The highest BCUT2D eigenvalue weighted by molar-refractivity contribution is 6.11. The van der Waals surface area contributed by atoms with Crippen molar-refractivity contribution in [2.75, 3.05) is 50.0 Å². The van der Waals surface area contributed by atoms with Gasteiger partial charge in [0.25, 0.3) is 12.3 Å². The fraction of sp³-hybridized carbons (Fsp3) is 0.375. The number of aliphatic hydroxyl groups excluding tert-OH is 1. The summed E-state index contributed by atoms with van der Waals surface area (Å²) in [6.07, 6.45) is -0.902. The summed E-state index contributed by atoms with van der Waals surface area (Å²) >= 11 is 0. The monoisotopic (exact) mass is 571 g/mol. The number of nitrogens with zero attached hydrogens (tertiary/aromatic N) is 3. The average molecular weight is 572 g/mol. The molecule has 42 heavy (non-hydrogen) atoms. The fourth-order valence-corrected chi connectivity index (χ4v) is 5.67. The van der Waals surface area contributed by atoms with Crippen LogP contribution < -0.4 is 15.0 Å². The van der Waals surface area contributed by atoms with Gasteiger partial charge in [0.05, 0.1) is 5.69 Å². The van der Waals surface area contributed by atoms with Gasteiger partial charge in [-0.3, -0.25) is 10.1 Å². The van der Waals surface area contributed by atoms with Crippen molar-refractivity contribution in [1.29, 1.82) is 0 Å². The number of likely N-dealkylation sites (N-methyl/N-ethyl adjacent to an activating group) is 1. The quantitative estimate of drug-likeness (QED) is 0.296. The van der Waals surface area contributed by atoms with E-state index < -0.39 is 18.1 Å². The van der Waals surface area contributed by atoms with Gasteiger partial charge < -0.3 is 29.4 Å². The predicted octanol–water partition coefficient (Wildman–Crippen LogP) is 4.77. The highest BCUT2D eigenvalue weighted by Gasteiger charge is 2.31. The molecule has 2 aliphatic heterocycles. The first kappa shape index (κ1) is 28.0. The van der Waals surface area contributed by atoms with E-state index in [0.29, 0.717) is 43.2 Å². The van der Waals surface area contributed by atoms with Crippen LogP contribution in [0.15, 0.2) is 54.6 Å².